The molecule has 7 nitrogen and oxygen atoms in total. The Bertz CT molecular complexity index is 710. The van der Waals surface area contributed by atoms with Crippen molar-refractivity contribution < 1.29 is 9.53 Å². The molecule has 2 rings (SSSR count). The number of anilines is 1. The normalized spacial score (nSPS) is 13.3. The second-order valence-corrected chi connectivity index (χ2v) is 5.69. The van der Waals surface area contributed by atoms with Crippen LogP contribution < -0.4 is 21.1 Å². The van der Waals surface area contributed by atoms with Crippen LogP contribution in [0.25, 0.3) is 0 Å². The van der Waals surface area contributed by atoms with Crippen molar-refractivity contribution in [2.45, 2.75) is 27.2 Å². The summed E-state index contributed by atoms with van der Waals surface area (Å²) in [6.45, 7) is 7.10. The van der Waals surface area contributed by atoms with Gasteiger partial charge in [0.2, 0.25) is 5.91 Å². The number of hydrogen-bond acceptors (Lipinski definition) is 6. The maximum Gasteiger partial charge on any atom is 0.239 e. The number of nitrogens with two attached hydrogens (primary N) is 1. The van der Waals surface area contributed by atoms with E-state index in [1.807, 2.05) is 51.9 Å². The standard InChI is InChI=1S/C18H25N5O2.C2H6/c1-4-23(3)12-18(24)22-17-11-14(8-9-21-17)25-13-6-5-7-16(20-2)15(19)10-13;1-2/h5-6,8-11,20H,4,7,12,19H2,1-3H3,(H,21,22,24);1-2H3. The Hall–Kier alpha value is -2.80. The Balaban J connectivity index is 0.00000176. The van der Waals surface area contributed by atoms with Gasteiger partial charge in [-0.2, -0.15) is 0 Å². The molecule has 0 atom stereocenters. The van der Waals surface area contributed by atoms with Crippen LogP contribution in [0, 0.1) is 0 Å². The molecule has 0 aliphatic heterocycles. The predicted octanol–water partition coefficient (Wildman–Crippen LogP) is 2.61. The van der Waals surface area contributed by atoms with E-state index in [1.54, 1.807) is 24.4 Å². The molecule has 0 unspecified atom stereocenters. The van der Waals surface area contributed by atoms with Crippen molar-refractivity contribution in [3.8, 4) is 5.75 Å². The Labute approximate surface area is 162 Å². The number of pyridine rings is 1. The first kappa shape index (κ1) is 22.2. The van der Waals surface area contributed by atoms with Crippen LogP contribution in [0.3, 0.4) is 0 Å². The number of hydrogen-bond donors (Lipinski definition) is 3. The smallest absolute Gasteiger partial charge is 0.239 e. The molecule has 4 N–H and O–H groups in total. The molecule has 0 spiro atoms. The summed E-state index contributed by atoms with van der Waals surface area (Å²) in [6, 6.07) is 3.41. The van der Waals surface area contributed by atoms with E-state index >= 15 is 0 Å². The van der Waals surface area contributed by atoms with Crippen LogP contribution in [0.5, 0.6) is 5.75 Å². The minimum absolute atomic E-state index is 0.117. The largest absolute Gasteiger partial charge is 0.457 e. The zero-order valence-electron chi connectivity index (χ0n) is 16.9. The third kappa shape index (κ3) is 7.53. The van der Waals surface area contributed by atoms with E-state index in [0.29, 0.717) is 36.0 Å². The van der Waals surface area contributed by atoms with Gasteiger partial charge in [-0.25, -0.2) is 4.98 Å². The maximum absolute atomic E-state index is 12.0. The molecule has 0 radical (unpaired) electrons. The maximum atomic E-state index is 12.0. The molecule has 0 aromatic carbocycles. The summed E-state index contributed by atoms with van der Waals surface area (Å²) in [5.41, 5.74) is 7.61. The molecule has 0 saturated carbocycles. The molecule has 1 aromatic heterocycles. The average molecular weight is 374 g/mol. The highest BCUT2D eigenvalue weighted by atomic mass is 16.5. The van der Waals surface area contributed by atoms with Crippen LogP contribution in [0.1, 0.15) is 27.2 Å². The molecule has 1 amide bonds. The molecular weight excluding hydrogens is 342 g/mol. The first-order valence-corrected chi connectivity index (χ1v) is 9.18. The van der Waals surface area contributed by atoms with E-state index in [9.17, 15) is 4.79 Å². The average Bonchev–Trinajstić information content (AvgIpc) is 2.83. The molecule has 1 aliphatic rings. The first-order chi connectivity index (χ1) is 13.0. The van der Waals surface area contributed by atoms with Gasteiger partial charge in [0.25, 0.3) is 0 Å². The predicted molar refractivity (Wildman–Crippen MR) is 110 cm³/mol. The summed E-state index contributed by atoms with van der Waals surface area (Å²) < 4.78 is 5.85. The SMILES string of the molecule is CC.CCN(C)CC(=O)Nc1cc(OC2=CC(N)=C(NC)CC=C2)ccn1. The third-order valence-corrected chi connectivity index (χ3v) is 3.74. The van der Waals surface area contributed by atoms with Crippen LogP contribution in [-0.4, -0.2) is 43.0 Å². The van der Waals surface area contributed by atoms with Gasteiger partial charge in [-0.05, 0) is 25.7 Å². The minimum Gasteiger partial charge on any atom is -0.457 e. The number of carbonyl (C=O) groups is 1. The second-order valence-electron chi connectivity index (χ2n) is 5.69. The quantitative estimate of drug-likeness (QED) is 0.680. The zero-order chi connectivity index (χ0) is 20.2. The molecule has 1 aromatic rings. The molecule has 1 aliphatic carbocycles. The summed E-state index contributed by atoms with van der Waals surface area (Å²) in [4.78, 5) is 18.0. The number of amides is 1. The monoisotopic (exact) mass is 373 g/mol. The molecule has 7 heteroatoms. The van der Waals surface area contributed by atoms with Crippen molar-refractivity contribution in [3.63, 3.8) is 0 Å². The van der Waals surface area contributed by atoms with Gasteiger partial charge >= 0.3 is 0 Å². The highest BCUT2D eigenvalue weighted by Gasteiger charge is 2.09. The number of rotatable bonds is 7. The lowest BCUT2D eigenvalue weighted by Gasteiger charge is -2.13. The highest BCUT2D eigenvalue weighted by molar-refractivity contribution is 5.91. The van der Waals surface area contributed by atoms with Crippen LogP contribution in [0.4, 0.5) is 5.82 Å². The molecule has 0 saturated heterocycles. The molecular formula is C20H31N5O2. The van der Waals surface area contributed by atoms with Gasteiger partial charge in [0, 0.05) is 37.5 Å². The number of nitrogens with one attached hydrogen (secondary N) is 2. The first-order valence-electron chi connectivity index (χ1n) is 9.18. The number of carbonyl (C=O) groups excluding carboxylic acids is 1. The lowest BCUT2D eigenvalue weighted by molar-refractivity contribution is -0.117. The fourth-order valence-corrected chi connectivity index (χ4v) is 2.23. The zero-order valence-corrected chi connectivity index (χ0v) is 16.9. The lowest BCUT2D eigenvalue weighted by atomic mass is 10.2. The van der Waals surface area contributed by atoms with Crippen molar-refractivity contribution in [2.24, 2.45) is 5.73 Å². The van der Waals surface area contributed by atoms with E-state index in [2.05, 4.69) is 15.6 Å². The Morgan fingerprint density at radius 3 is 2.81 bits per heavy atom. The fourth-order valence-electron chi connectivity index (χ4n) is 2.23. The molecule has 0 bridgehead atoms. The van der Waals surface area contributed by atoms with Gasteiger partial charge in [-0.3, -0.25) is 9.69 Å². The van der Waals surface area contributed by atoms with Crippen LogP contribution in [-0.2, 0) is 4.79 Å². The van der Waals surface area contributed by atoms with Gasteiger partial charge < -0.3 is 21.1 Å². The number of nitrogens with zero attached hydrogens (tertiary/aromatic N) is 2. The highest BCUT2D eigenvalue weighted by Crippen LogP contribution is 2.20. The van der Waals surface area contributed by atoms with Crippen LogP contribution in [0.15, 0.2) is 53.7 Å². The summed E-state index contributed by atoms with van der Waals surface area (Å²) in [5.74, 6) is 1.53. The van der Waals surface area contributed by atoms with Crippen molar-refractivity contribution in [1.82, 2.24) is 15.2 Å². The molecule has 27 heavy (non-hydrogen) atoms. The number of allylic oxidation sites excluding steroid dienone is 3. The van der Waals surface area contributed by atoms with Crippen LogP contribution in [0.2, 0.25) is 0 Å². The molecule has 0 fully saturated rings. The Kier molecular flexibility index (Phi) is 9.68. The van der Waals surface area contributed by atoms with Gasteiger partial charge in [-0.1, -0.05) is 26.8 Å². The topological polar surface area (TPSA) is 92.5 Å². The minimum atomic E-state index is -0.117. The van der Waals surface area contributed by atoms with Crippen molar-refractivity contribution in [3.05, 3.63) is 53.7 Å². The van der Waals surface area contributed by atoms with Gasteiger partial charge in [0.15, 0.2) is 0 Å². The van der Waals surface area contributed by atoms with E-state index in [0.717, 1.165) is 12.2 Å². The van der Waals surface area contributed by atoms with Gasteiger partial charge in [-0.15, -0.1) is 0 Å². The molecule has 1 heterocycles. The van der Waals surface area contributed by atoms with Gasteiger partial charge in [0.1, 0.15) is 17.3 Å². The fraction of sp³-hybridized carbons (Fsp3) is 0.400. The van der Waals surface area contributed by atoms with E-state index < -0.39 is 0 Å². The van der Waals surface area contributed by atoms with Crippen LogP contribution >= 0.6 is 0 Å². The van der Waals surface area contributed by atoms with E-state index in [-0.39, 0.29) is 5.91 Å². The second kappa shape index (κ2) is 11.7. The number of likely N-dealkylation sites (N-methyl/N-ethyl adjacent to an activating group) is 1. The number of aromatic nitrogens is 1. The summed E-state index contributed by atoms with van der Waals surface area (Å²) in [6.07, 6.45) is 7.92. The summed E-state index contributed by atoms with van der Waals surface area (Å²) >= 11 is 0. The summed E-state index contributed by atoms with van der Waals surface area (Å²) in [5, 5.41) is 5.84. The van der Waals surface area contributed by atoms with Crippen molar-refractivity contribution in [2.75, 3.05) is 32.5 Å². The Morgan fingerprint density at radius 1 is 1.41 bits per heavy atom. The molecule has 148 valence electrons. The van der Waals surface area contributed by atoms with Crippen molar-refractivity contribution >= 4 is 11.7 Å². The van der Waals surface area contributed by atoms with Crippen molar-refractivity contribution in [1.29, 1.82) is 0 Å². The lowest BCUT2D eigenvalue weighted by Crippen LogP contribution is -2.30. The summed E-state index contributed by atoms with van der Waals surface area (Å²) in [7, 11) is 3.72. The van der Waals surface area contributed by atoms with Gasteiger partial charge in [0.05, 0.1) is 12.2 Å². The third-order valence-electron chi connectivity index (χ3n) is 3.74. The number of ether oxygens (including phenoxy) is 1. The van der Waals surface area contributed by atoms with E-state index in [1.165, 1.54) is 0 Å². The Morgan fingerprint density at radius 2 is 2.15 bits per heavy atom. The van der Waals surface area contributed by atoms with E-state index in [4.69, 9.17) is 10.5 Å².